The minimum Gasteiger partial charge on any atom is -0.497 e. The number of amides is 1. The van der Waals surface area contributed by atoms with Gasteiger partial charge < -0.3 is 29.9 Å². The number of nitrogens with two attached hydrogens (primary N) is 1. The molecule has 11 nitrogen and oxygen atoms in total. The van der Waals surface area contributed by atoms with Crippen LogP contribution >= 0.6 is 0 Å². The second-order valence-corrected chi connectivity index (χ2v) is 10.8. The summed E-state index contributed by atoms with van der Waals surface area (Å²) < 4.78 is 7.39. The van der Waals surface area contributed by atoms with Gasteiger partial charge in [0.1, 0.15) is 5.75 Å². The number of guanidine groups is 1. The van der Waals surface area contributed by atoms with E-state index in [9.17, 15) is 4.79 Å². The predicted molar refractivity (Wildman–Crippen MR) is 176 cm³/mol. The fourth-order valence-electron chi connectivity index (χ4n) is 5.48. The average Bonchev–Trinajstić information content (AvgIpc) is 3.72. The molecule has 0 atom stereocenters. The molecule has 0 bridgehead atoms. The second-order valence-electron chi connectivity index (χ2n) is 10.8. The Morgan fingerprint density at radius 1 is 1.18 bits per heavy atom. The number of nitrogens with zero attached hydrogens (tertiary/aromatic N) is 5. The number of para-hydroxylation sites is 1. The molecular formula is C33H41N9O2. The number of unbranched alkanes of at least 4 members (excludes halogenated alkanes) is 2. The number of aliphatic imine (C=N–C) groups is 1. The van der Waals surface area contributed by atoms with Crippen LogP contribution in [0.5, 0.6) is 5.75 Å². The molecule has 3 aromatic heterocycles. The molecule has 0 aliphatic carbocycles. The molecule has 230 valence electrons. The Labute approximate surface area is 257 Å². The quantitative estimate of drug-likeness (QED) is 0.0820. The van der Waals surface area contributed by atoms with E-state index in [0.29, 0.717) is 12.5 Å². The van der Waals surface area contributed by atoms with Crippen LogP contribution in [0.15, 0.2) is 65.1 Å². The zero-order valence-electron chi connectivity index (χ0n) is 25.9. The van der Waals surface area contributed by atoms with Crippen molar-refractivity contribution < 1.29 is 9.53 Å². The molecule has 4 heterocycles. The number of rotatable bonds is 9. The summed E-state index contributed by atoms with van der Waals surface area (Å²) in [6, 6.07) is 14.0. The highest BCUT2D eigenvalue weighted by molar-refractivity contribution is 6.09. The monoisotopic (exact) mass is 595 g/mol. The van der Waals surface area contributed by atoms with Crippen molar-refractivity contribution >= 4 is 39.9 Å². The van der Waals surface area contributed by atoms with Gasteiger partial charge in [-0.05, 0) is 37.6 Å². The number of fused-ring (bicyclic) bond motifs is 4. The summed E-state index contributed by atoms with van der Waals surface area (Å²) in [5.74, 6) is 1.26. The minimum absolute atomic E-state index is 0.112. The van der Waals surface area contributed by atoms with Crippen molar-refractivity contribution in [2.24, 2.45) is 22.9 Å². The number of aromatic amines is 2. The van der Waals surface area contributed by atoms with E-state index in [1.54, 1.807) is 19.7 Å². The zero-order valence-corrected chi connectivity index (χ0v) is 25.9. The summed E-state index contributed by atoms with van der Waals surface area (Å²) in [5, 5.41) is 6.22. The lowest BCUT2D eigenvalue weighted by Crippen LogP contribution is -2.37. The van der Waals surface area contributed by atoms with Crippen LogP contribution in [0.4, 0.5) is 0 Å². The third-order valence-electron chi connectivity index (χ3n) is 7.97. The van der Waals surface area contributed by atoms with Crippen molar-refractivity contribution in [2.75, 3.05) is 20.2 Å². The van der Waals surface area contributed by atoms with Crippen molar-refractivity contribution in [3.8, 4) is 5.75 Å². The van der Waals surface area contributed by atoms with E-state index in [0.717, 1.165) is 88.1 Å². The van der Waals surface area contributed by atoms with Crippen LogP contribution in [0, 0.1) is 6.92 Å². The number of hydrazone groups is 1. The Hall–Kier alpha value is -5.06. The van der Waals surface area contributed by atoms with Gasteiger partial charge in [0, 0.05) is 71.5 Å². The maximum atomic E-state index is 13.0. The van der Waals surface area contributed by atoms with Gasteiger partial charge in [-0.25, -0.2) is 10.4 Å². The first-order chi connectivity index (χ1) is 21.4. The van der Waals surface area contributed by atoms with E-state index < -0.39 is 0 Å². The highest BCUT2D eigenvalue weighted by Crippen LogP contribution is 2.30. The summed E-state index contributed by atoms with van der Waals surface area (Å²) in [6.07, 6.45) is 9.56. The summed E-state index contributed by atoms with van der Waals surface area (Å²) >= 11 is 0. The first-order valence-corrected chi connectivity index (χ1v) is 15.0. The predicted octanol–water partition coefficient (Wildman–Crippen LogP) is 5.01. The molecular weight excluding hydrogens is 554 g/mol. The van der Waals surface area contributed by atoms with Crippen molar-refractivity contribution in [1.82, 2.24) is 29.8 Å². The molecule has 44 heavy (non-hydrogen) atoms. The van der Waals surface area contributed by atoms with Gasteiger partial charge in [0.15, 0.2) is 0 Å². The molecule has 1 aliphatic heterocycles. The van der Waals surface area contributed by atoms with Gasteiger partial charge in [-0.15, -0.1) is 0 Å². The van der Waals surface area contributed by atoms with E-state index in [4.69, 9.17) is 10.5 Å². The Morgan fingerprint density at radius 3 is 2.80 bits per heavy atom. The fraction of sp³-hybridized carbons (Fsp3) is 0.333. The smallest absolute Gasteiger partial charge is 0.256 e. The number of nitrogens with one attached hydrogen (secondary N) is 3. The van der Waals surface area contributed by atoms with E-state index in [-0.39, 0.29) is 5.91 Å². The van der Waals surface area contributed by atoms with Gasteiger partial charge in [0.2, 0.25) is 5.96 Å². The number of aryl methyl sites for hydroxylation is 2. The van der Waals surface area contributed by atoms with Gasteiger partial charge in [-0.3, -0.25) is 9.79 Å². The van der Waals surface area contributed by atoms with Crippen molar-refractivity contribution in [3.63, 3.8) is 0 Å². The number of carbonyl (C=O) groups excluding carboxylic acids is 1. The number of hydrogen-bond acceptors (Lipinski definition) is 5. The number of methoxy groups -OCH3 is 1. The van der Waals surface area contributed by atoms with Crippen LogP contribution in [-0.4, -0.2) is 62.7 Å². The molecule has 6 rings (SSSR count). The van der Waals surface area contributed by atoms with E-state index in [1.807, 2.05) is 61.5 Å². The maximum Gasteiger partial charge on any atom is 0.256 e. The lowest BCUT2D eigenvalue weighted by atomic mass is 10.0. The molecule has 1 amide bonds. The highest BCUT2D eigenvalue weighted by Gasteiger charge is 2.30. The Kier molecular flexibility index (Phi) is 9.63. The van der Waals surface area contributed by atoms with Gasteiger partial charge in [0.05, 0.1) is 37.5 Å². The minimum atomic E-state index is 0.112. The molecule has 1 aliphatic rings. The average molecular weight is 596 g/mol. The van der Waals surface area contributed by atoms with Crippen molar-refractivity contribution in [1.29, 1.82) is 0 Å². The lowest BCUT2D eigenvalue weighted by molar-refractivity contribution is 0.0725. The molecule has 0 spiro atoms. The number of H-pyrrole nitrogens is 2. The number of ether oxygens (including phenoxy) is 1. The van der Waals surface area contributed by atoms with E-state index in [2.05, 4.69) is 48.0 Å². The van der Waals surface area contributed by atoms with Gasteiger partial charge in [0.25, 0.3) is 5.91 Å². The Balaban J connectivity index is 0.000000175. The number of hydrogen-bond donors (Lipinski definition) is 4. The summed E-state index contributed by atoms with van der Waals surface area (Å²) in [6.45, 7) is 6.18. The summed E-state index contributed by atoms with van der Waals surface area (Å²) in [7, 11) is 3.70. The first-order valence-electron chi connectivity index (χ1n) is 15.0. The fourth-order valence-corrected chi connectivity index (χ4v) is 5.48. The van der Waals surface area contributed by atoms with Crippen molar-refractivity contribution in [3.05, 3.63) is 83.2 Å². The van der Waals surface area contributed by atoms with Crippen molar-refractivity contribution in [2.45, 2.75) is 46.1 Å². The van der Waals surface area contributed by atoms with Gasteiger partial charge in [-0.1, -0.05) is 38.0 Å². The van der Waals surface area contributed by atoms with Crippen LogP contribution in [0.25, 0.3) is 21.8 Å². The maximum absolute atomic E-state index is 13.0. The lowest BCUT2D eigenvalue weighted by Gasteiger charge is -2.27. The molecule has 5 aromatic rings. The van der Waals surface area contributed by atoms with Crippen LogP contribution in [0.3, 0.4) is 0 Å². The van der Waals surface area contributed by atoms with Gasteiger partial charge in [-0.2, -0.15) is 5.10 Å². The van der Waals surface area contributed by atoms with Crippen LogP contribution in [0.2, 0.25) is 0 Å². The normalized spacial score (nSPS) is 13.4. The summed E-state index contributed by atoms with van der Waals surface area (Å²) in [4.78, 5) is 29.6. The summed E-state index contributed by atoms with van der Waals surface area (Å²) in [5.41, 5.74) is 15.6. The molecule has 0 radical (unpaired) electrons. The molecule has 0 saturated heterocycles. The molecule has 0 saturated carbocycles. The Morgan fingerprint density at radius 2 is 2.02 bits per heavy atom. The largest absolute Gasteiger partial charge is 0.497 e. The van der Waals surface area contributed by atoms with Crippen LogP contribution in [-0.2, 0) is 20.0 Å². The molecule has 0 unspecified atom stereocenters. The molecule has 11 heteroatoms. The van der Waals surface area contributed by atoms with Crippen LogP contribution in [0.1, 0.15) is 59.2 Å². The number of carbonyl (C=O) groups is 1. The van der Waals surface area contributed by atoms with Gasteiger partial charge >= 0.3 is 0 Å². The van der Waals surface area contributed by atoms with Crippen LogP contribution < -0.4 is 15.9 Å². The van der Waals surface area contributed by atoms with E-state index >= 15 is 0 Å². The molecule has 5 N–H and O–H groups in total. The molecule has 2 aromatic carbocycles. The zero-order chi connectivity index (χ0) is 31.1. The third kappa shape index (κ3) is 6.61. The Bertz CT molecular complexity index is 1790. The standard InChI is InChI=1S/C17H18N4O.C16H23N5O/c1-11-13(19-10-18-11)9-21-8-7-15-16(17(21)22)12-5-3-4-6-14(12)20(15)2;1-3-4-5-8-18-16(17)21-20-11-12-10-19-15-7-6-13(22-2)9-14(12)15/h3-6,10H,7-9H2,1-2H3,(H,18,19);6-7,9-11,19H,3-5,8H2,1-2H3,(H3,17,18,21)/b;20-11+. The first kappa shape index (κ1) is 30.4. The van der Waals surface area contributed by atoms with E-state index in [1.165, 1.54) is 6.42 Å². The third-order valence-corrected chi connectivity index (χ3v) is 7.97. The number of benzene rings is 2. The highest BCUT2D eigenvalue weighted by atomic mass is 16.5. The second kappa shape index (κ2) is 13.9. The molecule has 0 fully saturated rings. The number of imidazole rings is 1. The topological polar surface area (TPSA) is 142 Å². The number of aromatic nitrogens is 4. The SMILES string of the molecule is CCCCCN=C(N)N/N=C/c1c[nH]c2ccc(OC)cc12.Cc1[nH]cnc1CN1CCc2c(c3ccccc3n2C)C1=O.